The number of rotatable bonds is 4. The molecule has 2 unspecified atom stereocenters. The van der Waals surface area contributed by atoms with Gasteiger partial charge in [0, 0.05) is 6.42 Å². The van der Waals surface area contributed by atoms with Gasteiger partial charge in [0.2, 0.25) is 0 Å². The number of hydrogen-bond donors (Lipinski definition) is 3. The van der Waals surface area contributed by atoms with Crippen LogP contribution in [0.5, 0.6) is 0 Å². The van der Waals surface area contributed by atoms with Crippen LogP contribution in [-0.2, 0) is 4.79 Å². The van der Waals surface area contributed by atoms with Crippen molar-refractivity contribution in [3.63, 3.8) is 0 Å². The Morgan fingerprint density at radius 1 is 1.50 bits per heavy atom. The standard InChI is InChI=1S/C6H12O4/c1-4(8)6(10)2-5(9)3-7/h4,6-8,10H,2-3H2,1H3. The SMILES string of the molecule is CC(O)C(O)CC(=O)CO. The molecule has 0 aromatic carbocycles. The van der Waals surface area contributed by atoms with Crippen LogP contribution in [0.4, 0.5) is 0 Å². The van der Waals surface area contributed by atoms with Gasteiger partial charge in [0.1, 0.15) is 6.61 Å². The summed E-state index contributed by atoms with van der Waals surface area (Å²) in [6.07, 6.45) is -2.16. The highest BCUT2D eigenvalue weighted by atomic mass is 16.3. The Hall–Kier alpha value is -0.450. The van der Waals surface area contributed by atoms with Crippen LogP contribution in [0, 0.1) is 0 Å². The van der Waals surface area contributed by atoms with E-state index in [1.807, 2.05) is 0 Å². The molecule has 4 heteroatoms. The van der Waals surface area contributed by atoms with E-state index in [2.05, 4.69) is 0 Å². The minimum Gasteiger partial charge on any atom is -0.391 e. The highest BCUT2D eigenvalue weighted by molar-refractivity contribution is 5.79. The minimum atomic E-state index is -1.06. The lowest BCUT2D eigenvalue weighted by molar-refractivity contribution is -0.125. The van der Waals surface area contributed by atoms with E-state index in [1.165, 1.54) is 6.92 Å². The Kier molecular flexibility index (Phi) is 4.18. The van der Waals surface area contributed by atoms with Crippen LogP contribution in [0.3, 0.4) is 0 Å². The third kappa shape index (κ3) is 3.55. The molecular formula is C6H12O4. The predicted molar refractivity (Wildman–Crippen MR) is 34.4 cm³/mol. The molecule has 0 heterocycles. The van der Waals surface area contributed by atoms with Crippen molar-refractivity contribution in [2.24, 2.45) is 0 Å². The van der Waals surface area contributed by atoms with E-state index in [0.29, 0.717) is 0 Å². The van der Waals surface area contributed by atoms with Crippen LogP contribution < -0.4 is 0 Å². The van der Waals surface area contributed by atoms with Gasteiger partial charge in [-0.05, 0) is 6.92 Å². The normalized spacial score (nSPS) is 16.4. The van der Waals surface area contributed by atoms with Gasteiger partial charge >= 0.3 is 0 Å². The van der Waals surface area contributed by atoms with Crippen molar-refractivity contribution in [1.29, 1.82) is 0 Å². The van der Waals surface area contributed by atoms with Crippen LogP contribution in [-0.4, -0.2) is 39.9 Å². The summed E-state index contributed by atoms with van der Waals surface area (Å²) in [6.45, 7) is 0.805. The molecule has 10 heavy (non-hydrogen) atoms. The fourth-order valence-electron chi connectivity index (χ4n) is 0.468. The number of Topliss-reactive ketones (excluding diaryl/α,β-unsaturated/α-hetero) is 1. The second-order valence-corrected chi connectivity index (χ2v) is 2.21. The molecule has 0 bridgehead atoms. The molecule has 0 aromatic heterocycles. The van der Waals surface area contributed by atoms with Crippen molar-refractivity contribution in [1.82, 2.24) is 0 Å². The van der Waals surface area contributed by atoms with Crippen LogP contribution in [0.2, 0.25) is 0 Å². The van der Waals surface area contributed by atoms with Crippen molar-refractivity contribution in [3.8, 4) is 0 Å². The third-order valence-electron chi connectivity index (χ3n) is 1.17. The molecule has 4 nitrogen and oxygen atoms in total. The zero-order chi connectivity index (χ0) is 8.15. The number of carbonyl (C=O) groups excluding carboxylic acids is 1. The maximum Gasteiger partial charge on any atom is 0.160 e. The summed E-state index contributed by atoms with van der Waals surface area (Å²) in [5, 5.41) is 25.8. The molecule has 0 saturated carbocycles. The van der Waals surface area contributed by atoms with Crippen LogP contribution in [0.15, 0.2) is 0 Å². The average Bonchev–Trinajstić information content (AvgIpc) is 1.87. The number of aliphatic hydroxyl groups excluding tert-OH is 3. The molecule has 0 rings (SSSR count). The predicted octanol–water partition coefficient (Wildman–Crippen LogP) is -1.32. The van der Waals surface area contributed by atoms with Gasteiger partial charge in [0.25, 0.3) is 0 Å². The lowest BCUT2D eigenvalue weighted by Gasteiger charge is -2.10. The fraction of sp³-hybridized carbons (Fsp3) is 0.833. The molecule has 0 fully saturated rings. The summed E-state index contributed by atoms with van der Waals surface area (Å²) in [4.78, 5) is 10.4. The summed E-state index contributed by atoms with van der Waals surface area (Å²) in [6, 6.07) is 0. The third-order valence-corrected chi connectivity index (χ3v) is 1.17. The van der Waals surface area contributed by atoms with E-state index in [1.54, 1.807) is 0 Å². The van der Waals surface area contributed by atoms with Gasteiger partial charge in [-0.3, -0.25) is 4.79 Å². The maximum absolute atomic E-state index is 10.4. The number of carbonyl (C=O) groups is 1. The highest BCUT2D eigenvalue weighted by Gasteiger charge is 2.14. The zero-order valence-electron chi connectivity index (χ0n) is 5.82. The summed E-state index contributed by atoms with van der Waals surface area (Å²) >= 11 is 0. The van der Waals surface area contributed by atoms with Gasteiger partial charge in [0.05, 0.1) is 12.2 Å². The first kappa shape index (κ1) is 9.55. The Bertz CT molecular complexity index is 110. The number of hydrogen-bond acceptors (Lipinski definition) is 4. The van der Waals surface area contributed by atoms with Crippen molar-refractivity contribution in [3.05, 3.63) is 0 Å². The van der Waals surface area contributed by atoms with Gasteiger partial charge in [-0.2, -0.15) is 0 Å². The topological polar surface area (TPSA) is 77.8 Å². The average molecular weight is 148 g/mol. The van der Waals surface area contributed by atoms with Gasteiger partial charge < -0.3 is 15.3 Å². The second kappa shape index (κ2) is 4.38. The molecule has 0 spiro atoms. The molecule has 60 valence electrons. The molecule has 3 N–H and O–H groups in total. The number of aliphatic hydroxyl groups is 3. The molecule has 2 atom stereocenters. The minimum absolute atomic E-state index is 0.186. The number of ketones is 1. The lowest BCUT2D eigenvalue weighted by Crippen LogP contribution is -2.26. The molecule has 0 aliphatic rings. The second-order valence-electron chi connectivity index (χ2n) is 2.21. The Morgan fingerprint density at radius 3 is 2.30 bits per heavy atom. The first-order valence-electron chi connectivity index (χ1n) is 3.06. The first-order valence-corrected chi connectivity index (χ1v) is 3.06. The zero-order valence-corrected chi connectivity index (χ0v) is 5.82. The molecule has 0 amide bonds. The molecule has 0 aliphatic heterocycles. The molecule has 0 aliphatic carbocycles. The van der Waals surface area contributed by atoms with E-state index < -0.39 is 24.6 Å². The van der Waals surface area contributed by atoms with E-state index in [9.17, 15) is 4.79 Å². The summed E-state index contributed by atoms with van der Waals surface area (Å²) < 4.78 is 0. The van der Waals surface area contributed by atoms with Crippen LogP contribution in [0.25, 0.3) is 0 Å². The quantitative estimate of drug-likeness (QED) is 0.462. The Balaban J connectivity index is 3.57. The smallest absolute Gasteiger partial charge is 0.160 e. The van der Waals surface area contributed by atoms with Crippen LogP contribution >= 0.6 is 0 Å². The first-order chi connectivity index (χ1) is 4.57. The van der Waals surface area contributed by atoms with E-state index in [4.69, 9.17) is 15.3 Å². The van der Waals surface area contributed by atoms with Crippen LogP contribution in [0.1, 0.15) is 13.3 Å². The Labute approximate surface area is 59.1 Å². The lowest BCUT2D eigenvalue weighted by atomic mass is 10.1. The van der Waals surface area contributed by atoms with Crippen molar-refractivity contribution >= 4 is 5.78 Å². The largest absolute Gasteiger partial charge is 0.391 e. The maximum atomic E-state index is 10.4. The molecule has 0 radical (unpaired) electrons. The van der Waals surface area contributed by atoms with E-state index in [-0.39, 0.29) is 6.42 Å². The monoisotopic (exact) mass is 148 g/mol. The van der Waals surface area contributed by atoms with Gasteiger partial charge in [-0.15, -0.1) is 0 Å². The van der Waals surface area contributed by atoms with Crippen molar-refractivity contribution < 1.29 is 20.1 Å². The molecular weight excluding hydrogens is 136 g/mol. The Morgan fingerprint density at radius 2 is 2.00 bits per heavy atom. The summed E-state index contributed by atoms with van der Waals surface area (Å²) in [5.74, 6) is -0.464. The summed E-state index contributed by atoms with van der Waals surface area (Å²) in [7, 11) is 0. The van der Waals surface area contributed by atoms with Gasteiger partial charge in [-0.1, -0.05) is 0 Å². The van der Waals surface area contributed by atoms with Crippen molar-refractivity contribution in [2.45, 2.75) is 25.6 Å². The molecule has 0 saturated heterocycles. The van der Waals surface area contributed by atoms with E-state index in [0.717, 1.165) is 0 Å². The highest BCUT2D eigenvalue weighted by Crippen LogP contribution is 1.97. The van der Waals surface area contributed by atoms with Crippen molar-refractivity contribution in [2.75, 3.05) is 6.61 Å². The van der Waals surface area contributed by atoms with Gasteiger partial charge in [-0.25, -0.2) is 0 Å². The summed E-state index contributed by atoms with van der Waals surface area (Å²) in [5.41, 5.74) is 0. The molecule has 0 aromatic rings. The van der Waals surface area contributed by atoms with E-state index >= 15 is 0 Å². The van der Waals surface area contributed by atoms with Gasteiger partial charge in [0.15, 0.2) is 5.78 Å². The fourth-order valence-corrected chi connectivity index (χ4v) is 0.468.